The zero-order valence-corrected chi connectivity index (χ0v) is 15.5. The summed E-state index contributed by atoms with van der Waals surface area (Å²) in [6.07, 6.45) is 1.84. The Bertz CT molecular complexity index is 795. The van der Waals surface area contributed by atoms with Crippen molar-refractivity contribution in [3.8, 4) is 0 Å². The minimum atomic E-state index is -0.721. The molecule has 1 aromatic carbocycles. The number of rotatable bonds is 4. The van der Waals surface area contributed by atoms with Gasteiger partial charge < -0.3 is 15.4 Å². The van der Waals surface area contributed by atoms with Crippen molar-refractivity contribution in [2.75, 3.05) is 18.9 Å². The monoisotopic (exact) mass is 398 g/mol. The molecule has 132 valence electrons. The zero-order chi connectivity index (χ0) is 18.0. The minimum absolute atomic E-state index is 0.0446. The van der Waals surface area contributed by atoms with Crippen LogP contribution in [-0.2, 0) is 9.53 Å². The first-order valence-electron chi connectivity index (χ1n) is 7.70. The fourth-order valence-electron chi connectivity index (χ4n) is 2.92. The largest absolute Gasteiger partial charge is 0.452 e. The molecule has 1 aromatic heterocycles. The molecular formula is C17H16Cl2N2O3S. The summed E-state index contributed by atoms with van der Waals surface area (Å²) >= 11 is 13.4. The third-order valence-electron chi connectivity index (χ3n) is 4.14. The molecule has 5 nitrogen and oxygen atoms in total. The topological polar surface area (TPSA) is 72.6 Å². The van der Waals surface area contributed by atoms with Gasteiger partial charge in [-0.15, -0.1) is 0 Å². The molecule has 1 atom stereocenters. The van der Waals surface area contributed by atoms with Crippen molar-refractivity contribution in [1.29, 1.82) is 0 Å². The maximum absolute atomic E-state index is 12.5. The van der Waals surface area contributed by atoms with Crippen LogP contribution in [0, 0.1) is 0 Å². The molecule has 25 heavy (non-hydrogen) atoms. The number of thiophene rings is 1. The van der Waals surface area contributed by atoms with Crippen LogP contribution in [0.2, 0.25) is 10.0 Å². The summed E-state index contributed by atoms with van der Waals surface area (Å²) in [5.74, 6) is -0.949. The normalized spacial score (nSPS) is 16.9. The highest BCUT2D eigenvalue weighted by molar-refractivity contribution is 7.08. The number of esters is 1. The van der Waals surface area contributed by atoms with E-state index in [2.05, 4.69) is 0 Å². The van der Waals surface area contributed by atoms with Gasteiger partial charge in [0.15, 0.2) is 6.61 Å². The predicted molar refractivity (Wildman–Crippen MR) is 99.2 cm³/mol. The summed E-state index contributed by atoms with van der Waals surface area (Å²) in [6.45, 7) is 0.311. The van der Waals surface area contributed by atoms with Gasteiger partial charge in [0, 0.05) is 11.6 Å². The maximum Gasteiger partial charge on any atom is 0.340 e. The molecule has 0 aliphatic carbocycles. The third-order valence-corrected chi connectivity index (χ3v) is 5.37. The van der Waals surface area contributed by atoms with E-state index in [1.54, 1.807) is 16.2 Å². The molecule has 1 aliphatic rings. The molecule has 2 heterocycles. The second-order valence-corrected chi connectivity index (χ2v) is 7.35. The number of carbonyl (C=O) groups is 2. The van der Waals surface area contributed by atoms with Crippen LogP contribution in [0.4, 0.5) is 5.69 Å². The smallest absolute Gasteiger partial charge is 0.340 e. The van der Waals surface area contributed by atoms with Gasteiger partial charge in [0.25, 0.3) is 5.91 Å². The summed E-state index contributed by atoms with van der Waals surface area (Å²) in [5.41, 5.74) is 7.04. The van der Waals surface area contributed by atoms with Gasteiger partial charge in [-0.3, -0.25) is 4.79 Å². The van der Waals surface area contributed by atoms with E-state index in [0.717, 1.165) is 18.4 Å². The van der Waals surface area contributed by atoms with Crippen LogP contribution in [-0.4, -0.2) is 29.9 Å². The van der Waals surface area contributed by atoms with Gasteiger partial charge in [-0.05, 0) is 47.4 Å². The van der Waals surface area contributed by atoms with E-state index >= 15 is 0 Å². The average Bonchev–Trinajstić information content (AvgIpc) is 3.25. The Hall–Kier alpha value is -1.76. The van der Waals surface area contributed by atoms with Crippen LogP contribution in [0.25, 0.3) is 0 Å². The van der Waals surface area contributed by atoms with Crippen molar-refractivity contribution >= 4 is 52.1 Å². The van der Waals surface area contributed by atoms with Gasteiger partial charge >= 0.3 is 5.97 Å². The van der Waals surface area contributed by atoms with Crippen molar-refractivity contribution in [2.24, 2.45) is 0 Å². The van der Waals surface area contributed by atoms with Gasteiger partial charge in [-0.1, -0.05) is 23.2 Å². The number of carbonyl (C=O) groups excluding carboxylic acids is 2. The molecule has 1 unspecified atom stereocenters. The Morgan fingerprint density at radius 3 is 2.88 bits per heavy atom. The van der Waals surface area contributed by atoms with Gasteiger partial charge in [-0.25, -0.2) is 4.79 Å². The Morgan fingerprint density at radius 1 is 1.36 bits per heavy atom. The summed E-state index contributed by atoms with van der Waals surface area (Å²) in [5, 5.41) is 4.47. The Morgan fingerprint density at radius 2 is 2.16 bits per heavy atom. The van der Waals surface area contributed by atoms with Crippen LogP contribution >= 0.6 is 34.5 Å². The Kier molecular flexibility index (Phi) is 5.51. The Labute approximate surface area is 159 Å². The van der Waals surface area contributed by atoms with Crippen molar-refractivity contribution in [2.45, 2.75) is 18.9 Å². The van der Waals surface area contributed by atoms with Crippen LogP contribution in [0.3, 0.4) is 0 Å². The molecule has 3 rings (SSSR count). The number of anilines is 1. The third kappa shape index (κ3) is 3.92. The molecule has 1 aliphatic heterocycles. The van der Waals surface area contributed by atoms with Gasteiger partial charge in [0.1, 0.15) is 0 Å². The van der Waals surface area contributed by atoms with Crippen molar-refractivity contribution in [3.05, 3.63) is 50.1 Å². The molecule has 2 aromatic rings. The lowest BCUT2D eigenvalue weighted by Crippen LogP contribution is -2.34. The fraction of sp³-hybridized carbons (Fsp3) is 0.294. The maximum atomic E-state index is 12.5. The van der Waals surface area contributed by atoms with Gasteiger partial charge in [0.05, 0.1) is 22.3 Å². The summed E-state index contributed by atoms with van der Waals surface area (Å²) in [4.78, 5) is 26.4. The summed E-state index contributed by atoms with van der Waals surface area (Å²) in [6, 6.07) is 4.88. The van der Waals surface area contributed by atoms with E-state index in [4.69, 9.17) is 33.7 Å². The van der Waals surface area contributed by atoms with Crippen molar-refractivity contribution in [3.63, 3.8) is 0 Å². The van der Waals surface area contributed by atoms with Crippen LogP contribution in [0.1, 0.15) is 34.8 Å². The number of halogens is 2. The first kappa shape index (κ1) is 18.0. The number of benzene rings is 1. The number of nitrogen functional groups attached to an aromatic ring is 1. The summed E-state index contributed by atoms with van der Waals surface area (Å²) in [7, 11) is 0. The number of ether oxygens (including phenoxy) is 1. The van der Waals surface area contributed by atoms with Gasteiger partial charge in [-0.2, -0.15) is 11.3 Å². The molecule has 0 saturated carbocycles. The van der Waals surface area contributed by atoms with E-state index in [1.165, 1.54) is 12.1 Å². The molecule has 1 saturated heterocycles. The predicted octanol–water partition coefficient (Wildman–Crippen LogP) is 4.16. The SMILES string of the molecule is Nc1c(Cl)cc(Cl)cc1C(=O)OCC(=O)N1CCCC1c1ccsc1. The average molecular weight is 399 g/mol. The molecule has 2 N–H and O–H groups in total. The van der Waals surface area contributed by atoms with Crippen LogP contribution in [0.15, 0.2) is 29.0 Å². The first-order valence-corrected chi connectivity index (χ1v) is 9.40. The van der Waals surface area contributed by atoms with E-state index < -0.39 is 5.97 Å². The number of hydrogen-bond donors (Lipinski definition) is 1. The number of nitrogens with zero attached hydrogens (tertiary/aromatic N) is 1. The first-order chi connectivity index (χ1) is 12.0. The Balaban J connectivity index is 1.65. The van der Waals surface area contributed by atoms with E-state index in [0.29, 0.717) is 6.54 Å². The highest BCUT2D eigenvalue weighted by Crippen LogP contribution is 2.33. The zero-order valence-electron chi connectivity index (χ0n) is 13.2. The van der Waals surface area contributed by atoms with Crippen molar-refractivity contribution in [1.82, 2.24) is 4.90 Å². The van der Waals surface area contributed by atoms with Gasteiger partial charge in [0.2, 0.25) is 0 Å². The van der Waals surface area contributed by atoms with Crippen LogP contribution in [0.5, 0.6) is 0 Å². The number of hydrogen-bond acceptors (Lipinski definition) is 5. The standard InChI is InChI=1S/C17H16Cl2N2O3S/c18-11-6-12(16(20)13(19)7-11)17(23)24-8-15(22)21-4-1-2-14(21)10-3-5-25-9-10/h3,5-7,9,14H,1-2,4,8,20H2. The number of likely N-dealkylation sites (tertiary alicyclic amines) is 1. The van der Waals surface area contributed by atoms with Crippen LogP contribution < -0.4 is 5.73 Å². The fourth-order valence-corrected chi connectivity index (χ4v) is 4.12. The lowest BCUT2D eigenvalue weighted by Gasteiger charge is -2.24. The highest BCUT2D eigenvalue weighted by Gasteiger charge is 2.30. The molecule has 0 bridgehead atoms. The van der Waals surface area contributed by atoms with Crippen molar-refractivity contribution < 1.29 is 14.3 Å². The number of nitrogens with two attached hydrogens (primary N) is 1. The molecule has 0 spiro atoms. The highest BCUT2D eigenvalue weighted by atomic mass is 35.5. The molecular weight excluding hydrogens is 383 g/mol. The lowest BCUT2D eigenvalue weighted by molar-refractivity contribution is -0.135. The minimum Gasteiger partial charge on any atom is -0.452 e. The number of amides is 1. The quantitative estimate of drug-likeness (QED) is 0.619. The lowest BCUT2D eigenvalue weighted by atomic mass is 10.1. The van der Waals surface area contributed by atoms with E-state index in [9.17, 15) is 9.59 Å². The second kappa shape index (κ2) is 7.64. The summed E-state index contributed by atoms with van der Waals surface area (Å²) < 4.78 is 5.13. The van der Waals surface area contributed by atoms with E-state index in [-0.39, 0.29) is 39.9 Å². The molecule has 8 heteroatoms. The molecule has 0 radical (unpaired) electrons. The second-order valence-electron chi connectivity index (χ2n) is 5.73. The molecule has 1 amide bonds. The molecule has 1 fully saturated rings. The van der Waals surface area contributed by atoms with E-state index in [1.807, 2.05) is 16.8 Å².